The first-order valence-corrected chi connectivity index (χ1v) is 7.19. The molecule has 0 aliphatic heterocycles. The van der Waals surface area contributed by atoms with Gasteiger partial charge >= 0.3 is 0 Å². The van der Waals surface area contributed by atoms with Crippen LogP contribution in [0.15, 0.2) is 30.3 Å². The fraction of sp³-hybridized carbons (Fsp3) is 0.278. The smallest absolute Gasteiger partial charge is 0.150 e. The summed E-state index contributed by atoms with van der Waals surface area (Å²) in [7, 11) is 0. The highest BCUT2D eigenvalue weighted by molar-refractivity contribution is 5.88. The first kappa shape index (κ1) is 16.1. The maximum Gasteiger partial charge on any atom is 0.150 e. The first-order valence-electron chi connectivity index (χ1n) is 7.19. The molecule has 0 saturated carbocycles. The number of carbonyl (C=O) groups excluding carboxylic acids is 1. The van der Waals surface area contributed by atoms with Crippen LogP contribution < -0.4 is 4.74 Å². The van der Waals surface area contributed by atoms with Gasteiger partial charge in [-0.1, -0.05) is 13.8 Å². The molecule has 0 atom stereocenters. The lowest BCUT2D eigenvalue weighted by atomic mass is 9.93. The van der Waals surface area contributed by atoms with E-state index in [4.69, 9.17) is 4.74 Å². The molecule has 2 rings (SSSR count). The molecule has 0 spiro atoms. The number of ether oxygens (including phenoxy) is 1. The van der Waals surface area contributed by atoms with Crippen LogP contribution in [-0.2, 0) is 0 Å². The van der Waals surface area contributed by atoms with Crippen LogP contribution in [0.3, 0.4) is 0 Å². The van der Waals surface area contributed by atoms with Crippen LogP contribution in [0.25, 0.3) is 11.1 Å². The van der Waals surface area contributed by atoms with E-state index in [1.165, 1.54) is 12.1 Å². The zero-order valence-electron chi connectivity index (χ0n) is 12.8. The fourth-order valence-corrected chi connectivity index (χ4v) is 2.45. The predicted octanol–water partition coefficient (Wildman–Crippen LogP) is 4.97. The van der Waals surface area contributed by atoms with Gasteiger partial charge in [-0.15, -0.1) is 0 Å². The zero-order chi connectivity index (χ0) is 16.3. The van der Waals surface area contributed by atoms with Crippen LogP contribution in [-0.4, -0.2) is 12.9 Å². The Kier molecular flexibility index (Phi) is 4.91. The van der Waals surface area contributed by atoms with Crippen molar-refractivity contribution in [1.29, 1.82) is 0 Å². The van der Waals surface area contributed by atoms with E-state index in [1.807, 2.05) is 6.92 Å². The summed E-state index contributed by atoms with van der Waals surface area (Å²) in [6.45, 7) is 5.76. The Hall–Kier alpha value is -2.23. The minimum absolute atomic E-state index is 0.0308. The van der Waals surface area contributed by atoms with Gasteiger partial charge in [-0.3, -0.25) is 4.79 Å². The lowest BCUT2D eigenvalue weighted by Crippen LogP contribution is -2.02. The molecule has 2 aromatic carbocycles. The summed E-state index contributed by atoms with van der Waals surface area (Å²) in [6, 6.07) is 7.44. The van der Waals surface area contributed by atoms with Gasteiger partial charge in [0.1, 0.15) is 17.4 Å². The summed E-state index contributed by atoms with van der Waals surface area (Å²) in [5.74, 6) is -0.945. The Morgan fingerprint density at radius 2 is 1.82 bits per heavy atom. The number of carbonyl (C=O) groups is 1. The molecule has 22 heavy (non-hydrogen) atoms. The number of rotatable bonds is 5. The predicted molar refractivity (Wildman–Crippen MR) is 82.4 cm³/mol. The van der Waals surface area contributed by atoms with Crippen LogP contribution in [0.1, 0.15) is 42.6 Å². The van der Waals surface area contributed by atoms with Crippen molar-refractivity contribution in [3.8, 4) is 16.9 Å². The van der Waals surface area contributed by atoms with Crippen molar-refractivity contribution in [1.82, 2.24) is 0 Å². The number of hydrogen-bond acceptors (Lipinski definition) is 2. The standard InChI is InChI=1S/C18H18F2O2/c1-4-22-13-5-6-14(12(9-13)10-21)15-7-8-16(19)17(11(2)3)18(15)20/h5-11H,4H2,1-3H3. The maximum atomic E-state index is 14.6. The van der Waals surface area contributed by atoms with Gasteiger partial charge in [-0.25, -0.2) is 8.78 Å². The Labute approximate surface area is 128 Å². The van der Waals surface area contributed by atoms with Gasteiger partial charge in [0.15, 0.2) is 6.29 Å². The van der Waals surface area contributed by atoms with Gasteiger partial charge < -0.3 is 4.74 Å². The molecular formula is C18H18F2O2. The Bertz CT molecular complexity index is 694. The Morgan fingerprint density at radius 3 is 2.41 bits per heavy atom. The van der Waals surface area contributed by atoms with Crippen molar-refractivity contribution < 1.29 is 18.3 Å². The van der Waals surface area contributed by atoms with Crippen LogP contribution in [0, 0.1) is 11.6 Å². The molecule has 2 nitrogen and oxygen atoms in total. The molecule has 0 N–H and O–H groups in total. The van der Waals surface area contributed by atoms with Crippen molar-refractivity contribution in [2.45, 2.75) is 26.7 Å². The van der Waals surface area contributed by atoms with E-state index >= 15 is 0 Å². The molecule has 0 amide bonds. The second kappa shape index (κ2) is 6.69. The summed E-state index contributed by atoms with van der Waals surface area (Å²) in [5, 5.41) is 0. The number of hydrogen-bond donors (Lipinski definition) is 0. The summed E-state index contributed by atoms with van der Waals surface area (Å²) >= 11 is 0. The largest absolute Gasteiger partial charge is 0.494 e. The van der Waals surface area contributed by atoms with Crippen LogP contribution in [0.4, 0.5) is 8.78 Å². The number of benzene rings is 2. The molecule has 0 heterocycles. The van der Waals surface area contributed by atoms with Crippen molar-refractivity contribution in [2.75, 3.05) is 6.61 Å². The summed E-state index contributed by atoms with van der Waals surface area (Å²) in [5.41, 5.74) is 0.988. The third-order valence-corrected chi connectivity index (χ3v) is 3.46. The van der Waals surface area contributed by atoms with E-state index in [-0.39, 0.29) is 17.0 Å². The van der Waals surface area contributed by atoms with Crippen molar-refractivity contribution in [2.24, 2.45) is 0 Å². The Morgan fingerprint density at radius 1 is 1.14 bits per heavy atom. The van der Waals surface area contributed by atoms with Gasteiger partial charge in [0.2, 0.25) is 0 Å². The average molecular weight is 304 g/mol. The minimum atomic E-state index is -0.623. The molecule has 0 saturated heterocycles. The van der Waals surface area contributed by atoms with Crippen molar-refractivity contribution >= 4 is 6.29 Å². The molecule has 0 fully saturated rings. The van der Waals surface area contributed by atoms with E-state index in [0.717, 1.165) is 0 Å². The Balaban J connectivity index is 2.62. The normalized spacial score (nSPS) is 10.8. The van der Waals surface area contributed by atoms with Gasteiger partial charge in [0, 0.05) is 16.7 Å². The third-order valence-electron chi connectivity index (χ3n) is 3.46. The number of aldehydes is 1. The maximum absolute atomic E-state index is 14.6. The van der Waals surface area contributed by atoms with E-state index in [1.54, 1.807) is 32.0 Å². The molecule has 116 valence electrons. The van der Waals surface area contributed by atoms with Gasteiger partial charge in [-0.2, -0.15) is 0 Å². The highest BCUT2D eigenvalue weighted by Crippen LogP contribution is 2.33. The lowest BCUT2D eigenvalue weighted by molar-refractivity contribution is 0.112. The summed E-state index contributed by atoms with van der Waals surface area (Å²) in [6.07, 6.45) is 0.649. The zero-order valence-corrected chi connectivity index (χ0v) is 12.8. The second-order valence-corrected chi connectivity index (χ2v) is 5.28. The third kappa shape index (κ3) is 3.01. The number of halogens is 2. The molecular weight excluding hydrogens is 286 g/mol. The lowest BCUT2D eigenvalue weighted by Gasteiger charge is -2.14. The van der Waals surface area contributed by atoms with E-state index in [0.29, 0.717) is 29.8 Å². The second-order valence-electron chi connectivity index (χ2n) is 5.28. The van der Waals surface area contributed by atoms with Gasteiger partial charge in [-0.05, 0) is 48.7 Å². The monoisotopic (exact) mass is 304 g/mol. The molecule has 0 aliphatic carbocycles. The van der Waals surface area contributed by atoms with Crippen molar-refractivity contribution in [3.05, 3.63) is 53.1 Å². The first-order chi connectivity index (χ1) is 10.5. The molecule has 0 bridgehead atoms. The molecule has 0 aliphatic rings. The fourth-order valence-electron chi connectivity index (χ4n) is 2.45. The molecule has 0 aromatic heterocycles. The van der Waals surface area contributed by atoms with Crippen LogP contribution in [0.5, 0.6) is 5.75 Å². The van der Waals surface area contributed by atoms with E-state index in [9.17, 15) is 13.6 Å². The highest BCUT2D eigenvalue weighted by atomic mass is 19.1. The van der Waals surface area contributed by atoms with Crippen LogP contribution >= 0.6 is 0 Å². The van der Waals surface area contributed by atoms with Crippen molar-refractivity contribution in [3.63, 3.8) is 0 Å². The average Bonchev–Trinajstić information content (AvgIpc) is 2.48. The quantitative estimate of drug-likeness (QED) is 0.729. The van der Waals surface area contributed by atoms with Gasteiger partial charge in [0.05, 0.1) is 6.61 Å². The summed E-state index contributed by atoms with van der Waals surface area (Å²) in [4.78, 5) is 11.3. The van der Waals surface area contributed by atoms with Gasteiger partial charge in [0.25, 0.3) is 0 Å². The topological polar surface area (TPSA) is 26.3 Å². The summed E-state index contributed by atoms with van der Waals surface area (Å²) < 4.78 is 33.8. The van der Waals surface area contributed by atoms with E-state index < -0.39 is 11.6 Å². The van der Waals surface area contributed by atoms with E-state index in [2.05, 4.69) is 0 Å². The molecule has 0 radical (unpaired) electrons. The van der Waals surface area contributed by atoms with Crippen LogP contribution in [0.2, 0.25) is 0 Å². The minimum Gasteiger partial charge on any atom is -0.494 e. The molecule has 0 unspecified atom stereocenters. The highest BCUT2D eigenvalue weighted by Gasteiger charge is 2.19. The SMILES string of the molecule is CCOc1ccc(-c2ccc(F)c(C(C)C)c2F)c(C=O)c1. The molecule has 2 aromatic rings. The molecule has 4 heteroatoms.